The maximum atomic E-state index is 5.80. The van der Waals surface area contributed by atoms with Gasteiger partial charge in [-0.05, 0) is 49.1 Å². The predicted molar refractivity (Wildman–Crippen MR) is 79.3 cm³/mol. The van der Waals surface area contributed by atoms with Gasteiger partial charge in [0.25, 0.3) is 0 Å². The van der Waals surface area contributed by atoms with Crippen molar-refractivity contribution in [2.75, 3.05) is 0 Å². The second-order valence-corrected chi connectivity index (χ2v) is 5.04. The molecule has 0 aliphatic rings. The van der Waals surface area contributed by atoms with Gasteiger partial charge in [0.2, 0.25) is 0 Å². The molecule has 0 fully saturated rings. The molecule has 0 saturated heterocycles. The van der Waals surface area contributed by atoms with Crippen molar-refractivity contribution < 1.29 is 4.74 Å². The average molecular weight is 255 g/mol. The van der Waals surface area contributed by atoms with Crippen LogP contribution >= 0.6 is 0 Å². The second-order valence-electron chi connectivity index (χ2n) is 5.04. The Balaban J connectivity index is 1.95. The molecule has 2 rings (SSSR count). The fraction of sp³-hybridized carbons (Fsp3) is 0.294. The third-order valence-corrected chi connectivity index (χ3v) is 3.14. The summed E-state index contributed by atoms with van der Waals surface area (Å²) in [6.45, 7) is 4.73. The maximum absolute atomic E-state index is 5.80. The molecule has 19 heavy (non-hydrogen) atoms. The summed E-state index contributed by atoms with van der Waals surface area (Å²) >= 11 is 0. The van der Waals surface area contributed by atoms with Crippen molar-refractivity contribution in [3.05, 3.63) is 65.2 Å². The molecule has 2 heteroatoms. The minimum Gasteiger partial charge on any atom is -0.489 e. The van der Waals surface area contributed by atoms with Gasteiger partial charge in [0.15, 0.2) is 0 Å². The zero-order valence-electron chi connectivity index (χ0n) is 11.6. The van der Waals surface area contributed by atoms with Gasteiger partial charge in [-0.15, -0.1) is 0 Å². The van der Waals surface area contributed by atoms with Crippen LogP contribution in [0.3, 0.4) is 0 Å². The van der Waals surface area contributed by atoms with E-state index >= 15 is 0 Å². The average Bonchev–Trinajstić information content (AvgIpc) is 2.39. The summed E-state index contributed by atoms with van der Waals surface area (Å²) in [7, 11) is 0. The lowest BCUT2D eigenvalue weighted by atomic mass is 10.1. The van der Waals surface area contributed by atoms with E-state index in [9.17, 15) is 0 Å². The molecule has 0 heterocycles. The van der Waals surface area contributed by atoms with Crippen LogP contribution in [0.5, 0.6) is 5.75 Å². The van der Waals surface area contributed by atoms with Crippen LogP contribution in [0.4, 0.5) is 0 Å². The molecule has 0 spiro atoms. The summed E-state index contributed by atoms with van der Waals surface area (Å²) in [4.78, 5) is 0. The highest BCUT2D eigenvalue weighted by molar-refractivity contribution is 5.29. The van der Waals surface area contributed by atoms with Crippen LogP contribution in [-0.4, -0.2) is 6.04 Å². The summed E-state index contributed by atoms with van der Waals surface area (Å²) in [6.07, 6.45) is 0.901. The first kappa shape index (κ1) is 13.6. The standard InChI is InChI=1S/C17H21NO/c1-13-5-3-4-6-16(13)12-19-17-9-7-15(8-10-17)11-14(2)18/h3-10,14H,11-12,18H2,1-2H3. The lowest BCUT2D eigenvalue weighted by Crippen LogP contribution is -2.17. The number of ether oxygens (including phenoxy) is 1. The zero-order valence-corrected chi connectivity index (χ0v) is 11.6. The molecule has 0 amide bonds. The molecule has 2 aromatic carbocycles. The topological polar surface area (TPSA) is 35.2 Å². The van der Waals surface area contributed by atoms with Crippen molar-refractivity contribution in [2.45, 2.75) is 32.9 Å². The van der Waals surface area contributed by atoms with E-state index in [1.165, 1.54) is 16.7 Å². The zero-order chi connectivity index (χ0) is 13.7. The second kappa shape index (κ2) is 6.39. The molecule has 0 radical (unpaired) electrons. The monoisotopic (exact) mass is 255 g/mol. The molecule has 0 aliphatic heterocycles. The number of hydrogen-bond donors (Lipinski definition) is 1. The van der Waals surface area contributed by atoms with E-state index in [1.807, 2.05) is 31.2 Å². The van der Waals surface area contributed by atoms with Crippen LogP contribution < -0.4 is 10.5 Å². The SMILES string of the molecule is Cc1ccccc1COc1ccc(CC(C)N)cc1. The number of aryl methyl sites for hydroxylation is 1. The van der Waals surface area contributed by atoms with Gasteiger partial charge < -0.3 is 10.5 Å². The van der Waals surface area contributed by atoms with E-state index < -0.39 is 0 Å². The van der Waals surface area contributed by atoms with Crippen LogP contribution in [0, 0.1) is 6.92 Å². The Morgan fingerprint density at radius 3 is 2.37 bits per heavy atom. The Kier molecular flexibility index (Phi) is 4.58. The minimum atomic E-state index is 0.193. The number of benzene rings is 2. The molecule has 1 atom stereocenters. The third-order valence-electron chi connectivity index (χ3n) is 3.14. The summed E-state index contributed by atoms with van der Waals surface area (Å²) in [5.41, 5.74) is 9.52. The van der Waals surface area contributed by atoms with Crippen LogP contribution in [0.15, 0.2) is 48.5 Å². The molecule has 2 N–H and O–H groups in total. The Morgan fingerprint density at radius 2 is 1.74 bits per heavy atom. The van der Waals surface area contributed by atoms with Crippen LogP contribution in [-0.2, 0) is 13.0 Å². The molecule has 0 bridgehead atoms. The van der Waals surface area contributed by atoms with Crippen LogP contribution in [0.2, 0.25) is 0 Å². The van der Waals surface area contributed by atoms with Crippen molar-refractivity contribution in [1.82, 2.24) is 0 Å². The van der Waals surface area contributed by atoms with E-state index in [0.29, 0.717) is 6.61 Å². The highest BCUT2D eigenvalue weighted by atomic mass is 16.5. The van der Waals surface area contributed by atoms with E-state index in [2.05, 4.69) is 31.2 Å². The number of hydrogen-bond acceptors (Lipinski definition) is 2. The maximum Gasteiger partial charge on any atom is 0.119 e. The summed E-state index contributed by atoms with van der Waals surface area (Å²) in [5.74, 6) is 0.900. The van der Waals surface area contributed by atoms with Gasteiger partial charge in [0.05, 0.1) is 0 Å². The highest BCUT2D eigenvalue weighted by Crippen LogP contribution is 2.16. The van der Waals surface area contributed by atoms with Gasteiger partial charge in [0, 0.05) is 6.04 Å². The summed E-state index contributed by atoms with van der Waals surface area (Å²) in [6, 6.07) is 16.7. The number of nitrogens with two attached hydrogens (primary N) is 1. The van der Waals surface area contributed by atoms with Gasteiger partial charge in [0.1, 0.15) is 12.4 Å². The normalized spacial score (nSPS) is 12.2. The minimum absolute atomic E-state index is 0.193. The largest absolute Gasteiger partial charge is 0.489 e. The van der Waals surface area contributed by atoms with E-state index in [-0.39, 0.29) is 6.04 Å². The predicted octanol–water partition coefficient (Wildman–Crippen LogP) is 3.46. The van der Waals surface area contributed by atoms with Crippen molar-refractivity contribution >= 4 is 0 Å². The molecular weight excluding hydrogens is 234 g/mol. The van der Waals surface area contributed by atoms with E-state index in [0.717, 1.165) is 12.2 Å². The van der Waals surface area contributed by atoms with Gasteiger partial charge in [-0.1, -0.05) is 36.4 Å². The molecule has 0 saturated carbocycles. The van der Waals surface area contributed by atoms with Crippen molar-refractivity contribution in [3.63, 3.8) is 0 Å². The first-order valence-corrected chi connectivity index (χ1v) is 6.67. The summed E-state index contributed by atoms with van der Waals surface area (Å²) < 4.78 is 5.80. The fourth-order valence-electron chi connectivity index (χ4n) is 2.03. The van der Waals surface area contributed by atoms with Crippen molar-refractivity contribution in [3.8, 4) is 5.75 Å². The van der Waals surface area contributed by atoms with Gasteiger partial charge >= 0.3 is 0 Å². The third kappa shape index (κ3) is 4.11. The van der Waals surface area contributed by atoms with Crippen LogP contribution in [0.1, 0.15) is 23.6 Å². The highest BCUT2D eigenvalue weighted by Gasteiger charge is 2.01. The Hall–Kier alpha value is -1.80. The Bertz CT molecular complexity index is 517. The molecule has 0 aromatic heterocycles. The lowest BCUT2D eigenvalue weighted by molar-refractivity contribution is 0.305. The summed E-state index contributed by atoms with van der Waals surface area (Å²) in [5, 5.41) is 0. The van der Waals surface area contributed by atoms with Gasteiger partial charge in [-0.2, -0.15) is 0 Å². The van der Waals surface area contributed by atoms with Crippen LogP contribution in [0.25, 0.3) is 0 Å². The van der Waals surface area contributed by atoms with Crippen molar-refractivity contribution in [1.29, 1.82) is 0 Å². The molecule has 2 nitrogen and oxygen atoms in total. The molecule has 0 aliphatic carbocycles. The fourth-order valence-corrected chi connectivity index (χ4v) is 2.03. The first-order chi connectivity index (χ1) is 9.15. The van der Waals surface area contributed by atoms with Crippen molar-refractivity contribution in [2.24, 2.45) is 5.73 Å². The quantitative estimate of drug-likeness (QED) is 0.888. The molecule has 2 aromatic rings. The first-order valence-electron chi connectivity index (χ1n) is 6.67. The molecule has 1 unspecified atom stereocenters. The van der Waals surface area contributed by atoms with E-state index in [4.69, 9.17) is 10.5 Å². The smallest absolute Gasteiger partial charge is 0.119 e. The van der Waals surface area contributed by atoms with Gasteiger partial charge in [-0.25, -0.2) is 0 Å². The van der Waals surface area contributed by atoms with Gasteiger partial charge in [-0.3, -0.25) is 0 Å². The molecular formula is C17H21NO. The van der Waals surface area contributed by atoms with E-state index in [1.54, 1.807) is 0 Å². The lowest BCUT2D eigenvalue weighted by Gasteiger charge is -2.10. The molecule has 100 valence electrons. The Morgan fingerprint density at radius 1 is 1.05 bits per heavy atom. The Labute approximate surface area is 115 Å². The number of rotatable bonds is 5.